The number of hydrogen-bond acceptors (Lipinski definition) is 2. The summed E-state index contributed by atoms with van der Waals surface area (Å²) in [7, 11) is 0. The van der Waals surface area contributed by atoms with Crippen LogP contribution in [0.2, 0.25) is 0 Å². The van der Waals surface area contributed by atoms with E-state index in [0.717, 1.165) is 17.7 Å². The van der Waals surface area contributed by atoms with E-state index in [9.17, 15) is 9.18 Å². The molecule has 1 aromatic carbocycles. The standard InChI is InChI=1S/C16H16FNOS/c1-11-4-2-6-14(15(11)17)16(19)18(12-7-8-12)10-13-5-3-9-20-13/h2-6,9,12H,7-8,10H2,1H3. The first kappa shape index (κ1) is 13.3. The van der Waals surface area contributed by atoms with E-state index in [2.05, 4.69) is 0 Å². The average molecular weight is 289 g/mol. The predicted octanol–water partition coefficient (Wildman–Crippen LogP) is 4.00. The van der Waals surface area contributed by atoms with Crippen LogP contribution in [0.3, 0.4) is 0 Å². The summed E-state index contributed by atoms with van der Waals surface area (Å²) in [5, 5.41) is 2.00. The van der Waals surface area contributed by atoms with E-state index >= 15 is 0 Å². The topological polar surface area (TPSA) is 20.3 Å². The fourth-order valence-electron chi connectivity index (χ4n) is 2.29. The van der Waals surface area contributed by atoms with Crippen LogP contribution in [-0.2, 0) is 6.54 Å². The van der Waals surface area contributed by atoms with E-state index in [-0.39, 0.29) is 17.5 Å². The summed E-state index contributed by atoms with van der Waals surface area (Å²) in [5.74, 6) is -0.587. The lowest BCUT2D eigenvalue weighted by molar-refractivity contribution is 0.0726. The molecule has 0 unspecified atom stereocenters. The predicted molar refractivity (Wildman–Crippen MR) is 78.4 cm³/mol. The van der Waals surface area contributed by atoms with E-state index in [1.165, 1.54) is 0 Å². The molecule has 1 heterocycles. The van der Waals surface area contributed by atoms with Gasteiger partial charge in [0.2, 0.25) is 0 Å². The number of thiophene rings is 1. The minimum atomic E-state index is -0.394. The minimum Gasteiger partial charge on any atom is -0.330 e. The zero-order valence-corrected chi connectivity index (χ0v) is 12.1. The van der Waals surface area contributed by atoms with Gasteiger partial charge in [-0.3, -0.25) is 4.79 Å². The van der Waals surface area contributed by atoms with Crippen molar-refractivity contribution in [3.05, 3.63) is 57.5 Å². The lowest BCUT2D eigenvalue weighted by Crippen LogP contribution is -2.33. The van der Waals surface area contributed by atoms with Gasteiger partial charge >= 0.3 is 0 Å². The van der Waals surface area contributed by atoms with Gasteiger partial charge in [-0.05, 0) is 42.8 Å². The van der Waals surface area contributed by atoms with Crippen molar-refractivity contribution >= 4 is 17.2 Å². The summed E-state index contributed by atoms with van der Waals surface area (Å²) in [5.41, 5.74) is 0.705. The van der Waals surface area contributed by atoms with Crippen molar-refractivity contribution in [2.24, 2.45) is 0 Å². The van der Waals surface area contributed by atoms with Gasteiger partial charge in [0.1, 0.15) is 5.82 Å². The molecular formula is C16H16FNOS. The number of nitrogens with zero attached hydrogens (tertiary/aromatic N) is 1. The van der Waals surface area contributed by atoms with Gasteiger partial charge in [0.05, 0.1) is 12.1 Å². The van der Waals surface area contributed by atoms with Gasteiger partial charge in [0.15, 0.2) is 0 Å². The van der Waals surface area contributed by atoms with Crippen molar-refractivity contribution in [2.45, 2.75) is 32.4 Å². The molecule has 1 fully saturated rings. The first-order valence-corrected chi connectivity index (χ1v) is 7.63. The average Bonchev–Trinajstić information content (AvgIpc) is 3.15. The van der Waals surface area contributed by atoms with Crippen molar-refractivity contribution < 1.29 is 9.18 Å². The van der Waals surface area contributed by atoms with Gasteiger partial charge in [-0.2, -0.15) is 0 Å². The Morgan fingerprint density at radius 3 is 2.80 bits per heavy atom. The van der Waals surface area contributed by atoms with Gasteiger partial charge in [-0.1, -0.05) is 18.2 Å². The highest BCUT2D eigenvalue weighted by molar-refractivity contribution is 7.09. The second-order valence-electron chi connectivity index (χ2n) is 5.18. The molecular weight excluding hydrogens is 273 g/mol. The Morgan fingerprint density at radius 1 is 1.35 bits per heavy atom. The zero-order chi connectivity index (χ0) is 14.1. The van der Waals surface area contributed by atoms with Gasteiger partial charge in [0.25, 0.3) is 5.91 Å². The van der Waals surface area contributed by atoms with Crippen molar-refractivity contribution in [3.63, 3.8) is 0 Å². The Labute approximate surface area is 121 Å². The summed E-state index contributed by atoms with van der Waals surface area (Å²) in [6.45, 7) is 2.27. The van der Waals surface area contributed by atoms with Crippen LogP contribution < -0.4 is 0 Å². The van der Waals surface area contributed by atoms with Crippen LogP contribution in [0.5, 0.6) is 0 Å². The lowest BCUT2D eigenvalue weighted by Gasteiger charge is -2.22. The molecule has 1 amide bonds. The highest BCUT2D eigenvalue weighted by atomic mass is 32.1. The zero-order valence-electron chi connectivity index (χ0n) is 11.3. The quantitative estimate of drug-likeness (QED) is 0.833. The van der Waals surface area contributed by atoms with Crippen molar-refractivity contribution in [1.82, 2.24) is 4.90 Å². The van der Waals surface area contributed by atoms with Gasteiger partial charge in [-0.25, -0.2) is 4.39 Å². The first-order chi connectivity index (χ1) is 9.66. The molecule has 104 valence electrons. The second-order valence-corrected chi connectivity index (χ2v) is 6.21. The molecule has 0 saturated heterocycles. The van der Waals surface area contributed by atoms with Crippen LogP contribution in [0.25, 0.3) is 0 Å². The fourth-order valence-corrected chi connectivity index (χ4v) is 2.99. The third-order valence-electron chi connectivity index (χ3n) is 3.58. The highest BCUT2D eigenvalue weighted by Gasteiger charge is 2.34. The van der Waals surface area contributed by atoms with Crippen LogP contribution in [0.15, 0.2) is 35.7 Å². The number of carbonyl (C=O) groups is 1. The molecule has 3 rings (SSSR count). The molecule has 0 bridgehead atoms. The van der Waals surface area contributed by atoms with Crippen molar-refractivity contribution in [3.8, 4) is 0 Å². The summed E-state index contributed by atoms with van der Waals surface area (Å²) in [4.78, 5) is 15.6. The molecule has 20 heavy (non-hydrogen) atoms. The maximum absolute atomic E-state index is 14.1. The van der Waals surface area contributed by atoms with E-state index < -0.39 is 5.82 Å². The van der Waals surface area contributed by atoms with E-state index in [1.807, 2.05) is 22.4 Å². The molecule has 2 nitrogen and oxygen atoms in total. The number of amides is 1. The maximum Gasteiger partial charge on any atom is 0.257 e. The summed E-state index contributed by atoms with van der Waals surface area (Å²) in [6, 6.07) is 9.26. The minimum absolute atomic E-state index is 0.188. The summed E-state index contributed by atoms with van der Waals surface area (Å²) >= 11 is 1.63. The van der Waals surface area contributed by atoms with Crippen LogP contribution >= 0.6 is 11.3 Å². The van der Waals surface area contributed by atoms with E-state index in [4.69, 9.17) is 0 Å². The Hall–Kier alpha value is -1.68. The van der Waals surface area contributed by atoms with Crippen molar-refractivity contribution in [2.75, 3.05) is 0 Å². The molecule has 0 aliphatic heterocycles. The van der Waals surface area contributed by atoms with Gasteiger partial charge in [0, 0.05) is 10.9 Å². The van der Waals surface area contributed by atoms with Crippen LogP contribution in [-0.4, -0.2) is 16.8 Å². The third kappa shape index (κ3) is 2.61. The Balaban J connectivity index is 1.87. The van der Waals surface area contributed by atoms with Crippen LogP contribution in [0.4, 0.5) is 4.39 Å². The fraction of sp³-hybridized carbons (Fsp3) is 0.312. The molecule has 0 radical (unpaired) electrons. The molecule has 1 aliphatic carbocycles. The normalized spacial score (nSPS) is 14.3. The number of benzene rings is 1. The first-order valence-electron chi connectivity index (χ1n) is 6.75. The highest BCUT2D eigenvalue weighted by Crippen LogP contribution is 2.31. The third-order valence-corrected chi connectivity index (χ3v) is 4.44. The second kappa shape index (κ2) is 5.37. The van der Waals surface area contributed by atoms with Crippen LogP contribution in [0, 0.1) is 12.7 Å². The molecule has 0 atom stereocenters. The van der Waals surface area contributed by atoms with Crippen molar-refractivity contribution in [1.29, 1.82) is 0 Å². The largest absolute Gasteiger partial charge is 0.330 e. The van der Waals surface area contributed by atoms with Gasteiger partial charge in [-0.15, -0.1) is 11.3 Å². The lowest BCUT2D eigenvalue weighted by atomic mass is 10.1. The van der Waals surface area contributed by atoms with Gasteiger partial charge < -0.3 is 4.90 Å². The maximum atomic E-state index is 14.1. The molecule has 0 spiro atoms. The number of rotatable bonds is 4. The smallest absolute Gasteiger partial charge is 0.257 e. The number of halogens is 1. The number of carbonyl (C=O) groups excluding carboxylic acids is 1. The molecule has 1 aliphatic rings. The molecule has 1 aromatic heterocycles. The van der Waals surface area contributed by atoms with Crippen LogP contribution in [0.1, 0.15) is 33.6 Å². The van der Waals surface area contributed by atoms with E-state index in [0.29, 0.717) is 12.1 Å². The van der Waals surface area contributed by atoms with E-state index in [1.54, 1.807) is 36.5 Å². The number of hydrogen-bond donors (Lipinski definition) is 0. The Bertz CT molecular complexity index is 619. The summed E-state index contributed by atoms with van der Waals surface area (Å²) in [6.07, 6.45) is 2.04. The number of aryl methyl sites for hydroxylation is 1. The Morgan fingerprint density at radius 2 is 2.15 bits per heavy atom. The summed E-state index contributed by atoms with van der Waals surface area (Å²) < 4.78 is 14.1. The molecule has 1 saturated carbocycles. The Kier molecular flexibility index (Phi) is 3.57. The SMILES string of the molecule is Cc1cccc(C(=O)N(Cc2cccs2)C2CC2)c1F. The monoisotopic (exact) mass is 289 g/mol. The molecule has 2 aromatic rings. The molecule has 0 N–H and O–H groups in total. The molecule has 4 heteroatoms.